The second kappa shape index (κ2) is 1.16. The topological polar surface area (TPSA) is 25.1 Å². The molecule has 2 saturated heterocycles. The van der Waals surface area contributed by atoms with Crippen LogP contribution >= 0.6 is 10.6 Å². The molecule has 1 radical (unpaired) electrons. The fourth-order valence-corrected chi connectivity index (χ4v) is 2.58. The quantitative estimate of drug-likeness (QED) is 0.357. The molecule has 7 heavy (non-hydrogen) atoms. The summed E-state index contributed by atoms with van der Waals surface area (Å²) in [7, 11) is -0.921. The van der Waals surface area contributed by atoms with Gasteiger partial charge in [-0.1, -0.05) is 8.67 Å². The smallest absolute Gasteiger partial charge is 0.0754 e. The van der Waals surface area contributed by atoms with Gasteiger partial charge in [-0.05, 0) is 12.8 Å². The number of rotatable bonds is 0. The largest absolute Gasteiger partial charge is 0.123 e. The van der Waals surface area contributed by atoms with Gasteiger partial charge < -0.3 is 0 Å². The Bertz CT molecular complexity index is 81.7. The summed E-state index contributed by atoms with van der Waals surface area (Å²) in [5.41, 5.74) is 0. The van der Waals surface area contributed by atoms with Crippen LogP contribution in [0.4, 0.5) is 0 Å². The third-order valence-corrected chi connectivity index (χ3v) is 3.33. The van der Waals surface area contributed by atoms with Crippen LogP contribution in [0.5, 0.6) is 0 Å². The maximum Gasteiger partial charge on any atom is 0.0754 e. The highest BCUT2D eigenvalue weighted by molar-refractivity contribution is 8.31. The zero-order valence-electron chi connectivity index (χ0n) is 3.92. The van der Waals surface area contributed by atoms with Crippen molar-refractivity contribution in [2.75, 3.05) is 5.75 Å². The van der Waals surface area contributed by atoms with E-state index >= 15 is 0 Å². The van der Waals surface area contributed by atoms with Gasteiger partial charge in [-0.15, -0.1) is 10.6 Å². The molecule has 0 aromatic carbocycles. The lowest BCUT2D eigenvalue weighted by Gasteiger charge is -1.99. The molecule has 2 rings (SSSR count). The first-order valence-corrected chi connectivity index (χ1v) is 4.15. The second-order valence-electron chi connectivity index (χ2n) is 1.81. The maximum atomic E-state index is 4.78. The van der Waals surface area contributed by atoms with Crippen molar-refractivity contribution in [3.63, 3.8) is 0 Å². The van der Waals surface area contributed by atoms with Crippen molar-refractivity contribution in [1.82, 2.24) is 0 Å². The second-order valence-corrected chi connectivity index (χ2v) is 4.15. The van der Waals surface area contributed by atoms with Crippen LogP contribution in [0.25, 0.3) is 0 Å². The van der Waals surface area contributed by atoms with Gasteiger partial charge in [0, 0.05) is 5.75 Å². The predicted molar refractivity (Wildman–Crippen MR) is 28.2 cm³/mol. The molecular weight excluding hydrogens is 112 g/mol. The summed E-state index contributed by atoms with van der Waals surface area (Å²) in [5, 5.41) is 0. The molecule has 2 nitrogen and oxygen atoms in total. The van der Waals surface area contributed by atoms with E-state index in [0.29, 0.717) is 0 Å². The lowest BCUT2D eigenvalue weighted by Crippen LogP contribution is -1.71. The minimum Gasteiger partial charge on any atom is -0.123 e. The highest BCUT2D eigenvalue weighted by atomic mass is 32.3. The van der Waals surface area contributed by atoms with Crippen LogP contribution in [-0.2, 0) is 8.67 Å². The average Bonchev–Trinajstić information content (AvgIpc) is 2.15. The SMILES string of the molecule is [CH]1CCCS12OO2. The van der Waals surface area contributed by atoms with Crippen LogP contribution in [0.15, 0.2) is 0 Å². The highest BCUT2D eigenvalue weighted by Crippen LogP contribution is 2.71. The van der Waals surface area contributed by atoms with Crippen molar-refractivity contribution >= 4 is 10.6 Å². The van der Waals surface area contributed by atoms with Crippen LogP contribution < -0.4 is 0 Å². The summed E-state index contributed by atoms with van der Waals surface area (Å²) in [6.45, 7) is 0. The standard InChI is InChI=1S/C4H7O2S/c1-2-4-7(3-1)5-6-7/h3H,1-2,4H2. The lowest BCUT2D eigenvalue weighted by molar-refractivity contribution is 0.0850. The maximum absolute atomic E-state index is 4.78. The summed E-state index contributed by atoms with van der Waals surface area (Å²) < 4.78 is 9.57. The van der Waals surface area contributed by atoms with E-state index in [-0.39, 0.29) is 0 Å². The average molecular weight is 119 g/mol. The van der Waals surface area contributed by atoms with Gasteiger partial charge in [0.05, 0.1) is 5.75 Å². The summed E-state index contributed by atoms with van der Waals surface area (Å²) in [6.07, 6.45) is 2.45. The van der Waals surface area contributed by atoms with Gasteiger partial charge >= 0.3 is 0 Å². The third-order valence-electron chi connectivity index (χ3n) is 1.25. The van der Waals surface area contributed by atoms with Crippen molar-refractivity contribution < 1.29 is 8.67 Å². The summed E-state index contributed by atoms with van der Waals surface area (Å²) in [5.74, 6) is 3.32. The fourth-order valence-electron chi connectivity index (χ4n) is 0.790. The molecule has 0 aromatic heterocycles. The molecule has 2 aliphatic rings. The molecule has 0 unspecified atom stereocenters. The molecule has 0 bridgehead atoms. The molecule has 2 fully saturated rings. The lowest BCUT2D eigenvalue weighted by atomic mass is 10.4. The van der Waals surface area contributed by atoms with Crippen molar-refractivity contribution in [3.05, 3.63) is 5.75 Å². The first kappa shape index (κ1) is 4.18. The fraction of sp³-hybridized carbons (Fsp3) is 0.750. The Morgan fingerprint density at radius 3 is 2.57 bits per heavy atom. The van der Waals surface area contributed by atoms with Crippen molar-refractivity contribution in [2.24, 2.45) is 0 Å². The summed E-state index contributed by atoms with van der Waals surface area (Å²) in [4.78, 5) is 0. The molecule has 0 amide bonds. The highest BCUT2D eigenvalue weighted by Gasteiger charge is 2.41. The zero-order valence-corrected chi connectivity index (χ0v) is 4.74. The molecule has 0 saturated carbocycles. The van der Waals surface area contributed by atoms with Gasteiger partial charge in [-0.2, -0.15) is 0 Å². The minimum atomic E-state index is -0.921. The predicted octanol–water partition coefficient (Wildman–Crippen LogP) is 1.54. The first-order valence-electron chi connectivity index (χ1n) is 2.43. The van der Waals surface area contributed by atoms with Crippen LogP contribution in [-0.4, -0.2) is 5.75 Å². The molecular formula is C4H7O2S. The van der Waals surface area contributed by atoms with Gasteiger partial charge in [-0.25, -0.2) is 0 Å². The minimum absolute atomic E-state index is 0.921. The van der Waals surface area contributed by atoms with E-state index in [9.17, 15) is 0 Å². The van der Waals surface area contributed by atoms with E-state index in [1.54, 1.807) is 0 Å². The number of hydrogen-bond acceptors (Lipinski definition) is 2. The molecule has 3 heteroatoms. The van der Waals surface area contributed by atoms with E-state index < -0.39 is 10.6 Å². The molecule has 2 heterocycles. The third kappa shape index (κ3) is 0.561. The monoisotopic (exact) mass is 119 g/mol. The molecule has 0 atom stereocenters. The number of hydrogen-bond donors (Lipinski definition) is 0. The Labute approximate surface area is 44.5 Å². The van der Waals surface area contributed by atoms with Crippen LogP contribution in [0.3, 0.4) is 0 Å². The van der Waals surface area contributed by atoms with Crippen LogP contribution in [0.2, 0.25) is 0 Å². The van der Waals surface area contributed by atoms with Gasteiger partial charge in [0.1, 0.15) is 0 Å². The Kier molecular flexibility index (Phi) is 0.690. The normalized spacial score (nSPS) is 38.9. The summed E-state index contributed by atoms with van der Waals surface area (Å²) >= 11 is 0. The first-order chi connectivity index (χ1) is 3.41. The van der Waals surface area contributed by atoms with Crippen LogP contribution in [0.1, 0.15) is 12.8 Å². The Morgan fingerprint density at radius 2 is 2.29 bits per heavy atom. The van der Waals surface area contributed by atoms with E-state index in [1.165, 1.54) is 12.8 Å². The molecule has 1 spiro atoms. The van der Waals surface area contributed by atoms with E-state index in [0.717, 1.165) is 5.75 Å². The Balaban J connectivity index is 2.07. The van der Waals surface area contributed by atoms with Gasteiger partial charge in [0.2, 0.25) is 0 Å². The van der Waals surface area contributed by atoms with Crippen LogP contribution in [0, 0.1) is 5.75 Å². The van der Waals surface area contributed by atoms with Gasteiger partial charge in [-0.3, -0.25) is 0 Å². The van der Waals surface area contributed by atoms with E-state index in [1.807, 2.05) is 0 Å². The molecule has 0 aromatic rings. The molecule has 2 aliphatic heterocycles. The van der Waals surface area contributed by atoms with Gasteiger partial charge in [0.25, 0.3) is 0 Å². The summed E-state index contributed by atoms with van der Waals surface area (Å²) in [6, 6.07) is 0. The van der Waals surface area contributed by atoms with Crippen molar-refractivity contribution in [1.29, 1.82) is 0 Å². The van der Waals surface area contributed by atoms with E-state index in [2.05, 4.69) is 5.75 Å². The Hall–Kier alpha value is 0.270. The Morgan fingerprint density at radius 1 is 1.43 bits per heavy atom. The molecule has 0 N–H and O–H groups in total. The molecule has 41 valence electrons. The zero-order chi connectivity index (χ0) is 4.74. The van der Waals surface area contributed by atoms with Crippen molar-refractivity contribution in [3.8, 4) is 0 Å². The van der Waals surface area contributed by atoms with Crippen molar-refractivity contribution in [2.45, 2.75) is 12.8 Å². The van der Waals surface area contributed by atoms with Gasteiger partial charge in [0.15, 0.2) is 0 Å². The molecule has 0 aliphatic carbocycles. The van der Waals surface area contributed by atoms with E-state index in [4.69, 9.17) is 8.67 Å².